The summed E-state index contributed by atoms with van der Waals surface area (Å²) in [6, 6.07) is 10.4. The second kappa shape index (κ2) is 10.9. The summed E-state index contributed by atoms with van der Waals surface area (Å²) in [5.74, 6) is -0.0789. The molecule has 0 aliphatic rings. The molecule has 32 heavy (non-hydrogen) atoms. The summed E-state index contributed by atoms with van der Waals surface area (Å²) in [7, 11) is -2.10. The number of hydrogen-bond donors (Lipinski definition) is 3. The minimum atomic E-state index is -3.49. The monoisotopic (exact) mass is 463 g/mol. The van der Waals surface area contributed by atoms with E-state index >= 15 is 0 Å². The van der Waals surface area contributed by atoms with E-state index in [1.165, 1.54) is 19.2 Å². The van der Waals surface area contributed by atoms with Gasteiger partial charge in [0.15, 0.2) is 0 Å². The SMILES string of the molecule is CCOc1ccc(C(=O)NC(C(=O)Nc2ccc(NS(C)(=O)=O)c(OC)c2)C(C)C)cc1. The van der Waals surface area contributed by atoms with Crippen LogP contribution in [0.2, 0.25) is 0 Å². The molecule has 0 aliphatic carbocycles. The van der Waals surface area contributed by atoms with Crippen LogP contribution in [0.5, 0.6) is 11.5 Å². The summed E-state index contributed by atoms with van der Waals surface area (Å²) < 4.78 is 35.9. The lowest BCUT2D eigenvalue weighted by Gasteiger charge is -2.22. The average molecular weight is 464 g/mol. The van der Waals surface area contributed by atoms with Crippen LogP contribution < -0.4 is 24.8 Å². The van der Waals surface area contributed by atoms with Gasteiger partial charge in [-0.15, -0.1) is 0 Å². The highest BCUT2D eigenvalue weighted by molar-refractivity contribution is 7.92. The Bertz CT molecular complexity index is 1050. The highest BCUT2D eigenvalue weighted by Gasteiger charge is 2.25. The van der Waals surface area contributed by atoms with E-state index in [4.69, 9.17) is 9.47 Å². The molecule has 1 unspecified atom stereocenters. The standard InChI is InChI=1S/C22H29N3O6S/c1-6-31-17-10-7-15(8-11-17)21(26)24-20(14(2)3)22(27)23-16-9-12-18(19(13-16)30-4)25-32(5,28)29/h7-14,20,25H,6H2,1-5H3,(H,23,27)(H,24,26). The van der Waals surface area contributed by atoms with Crippen LogP contribution in [0.15, 0.2) is 42.5 Å². The molecule has 2 aromatic rings. The fraction of sp³-hybridized carbons (Fsp3) is 0.364. The van der Waals surface area contributed by atoms with Crippen molar-refractivity contribution >= 4 is 33.2 Å². The zero-order chi connectivity index (χ0) is 23.9. The second-order valence-electron chi connectivity index (χ2n) is 7.43. The predicted molar refractivity (Wildman–Crippen MR) is 124 cm³/mol. The molecule has 0 saturated heterocycles. The molecule has 0 bridgehead atoms. The number of benzene rings is 2. The molecule has 0 aliphatic heterocycles. The van der Waals surface area contributed by atoms with Crippen LogP contribution in [-0.4, -0.2) is 46.2 Å². The van der Waals surface area contributed by atoms with Gasteiger partial charge in [0.1, 0.15) is 17.5 Å². The van der Waals surface area contributed by atoms with Crippen molar-refractivity contribution in [3.8, 4) is 11.5 Å². The topological polar surface area (TPSA) is 123 Å². The Labute approximate surface area is 188 Å². The Kier molecular flexibility index (Phi) is 8.48. The fourth-order valence-corrected chi connectivity index (χ4v) is 3.47. The minimum absolute atomic E-state index is 0.185. The van der Waals surface area contributed by atoms with Crippen molar-refractivity contribution in [3.05, 3.63) is 48.0 Å². The molecule has 9 nitrogen and oxygen atoms in total. The number of amides is 2. The maximum Gasteiger partial charge on any atom is 0.251 e. The first kappa shape index (κ1) is 25.0. The Morgan fingerprint density at radius 3 is 2.25 bits per heavy atom. The van der Waals surface area contributed by atoms with Gasteiger partial charge in [-0.05, 0) is 49.2 Å². The number of methoxy groups -OCH3 is 1. The van der Waals surface area contributed by atoms with Gasteiger partial charge in [0.25, 0.3) is 5.91 Å². The van der Waals surface area contributed by atoms with E-state index in [1.54, 1.807) is 30.3 Å². The highest BCUT2D eigenvalue weighted by Crippen LogP contribution is 2.29. The molecule has 0 spiro atoms. The minimum Gasteiger partial charge on any atom is -0.494 e. The average Bonchev–Trinajstić information content (AvgIpc) is 2.72. The summed E-state index contributed by atoms with van der Waals surface area (Å²) in [5.41, 5.74) is 1.05. The van der Waals surface area contributed by atoms with Gasteiger partial charge in [0.05, 0.1) is 25.7 Å². The van der Waals surface area contributed by atoms with Crippen molar-refractivity contribution in [2.45, 2.75) is 26.8 Å². The van der Waals surface area contributed by atoms with Gasteiger partial charge in [-0.2, -0.15) is 0 Å². The van der Waals surface area contributed by atoms with Gasteiger partial charge in [-0.3, -0.25) is 14.3 Å². The van der Waals surface area contributed by atoms with Gasteiger partial charge in [-0.25, -0.2) is 8.42 Å². The Morgan fingerprint density at radius 1 is 1.06 bits per heavy atom. The van der Waals surface area contributed by atoms with E-state index in [0.717, 1.165) is 6.26 Å². The predicted octanol–water partition coefficient (Wildman–Crippen LogP) is 2.86. The molecule has 1 atom stereocenters. The summed E-state index contributed by atoms with van der Waals surface area (Å²) in [5, 5.41) is 5.50. The molecule has 0 aromatic heterocycles. The molecule has 0 saturated carbocycles. The normalized spacial score (nSPS) is 12.1. The van der Waals surface area contributed by atoms with Gasteiger partial charge in [0.2, 0.25) is 15.9 Å². The van der Waals surface area contributed by atoms with Crippen molar-refractivity contribution in [1.29, 1.82) is 0 Å². The number of carbonyl (C=O) groups is 2. The molecule has 10 heteroatoms. The van der Waals surface area contributed by atoms with Crippen molar-refractivity contribution in [2.75, 3.05) is 30.0 Å². The zero-order valence-electron chi connectivity index (χ0n) is 18.8. The second-order valence-corrected chi connectivity index (χ2v) is 9.18. The van der Waals surface area contributed by atoms with Crippen molar-refractivity contribution < 1.29 is 27.5 Å². The van der Waals surface area contributed by atoms with Gasteiger partial charge < -0.3 is 20.1 Å². The van der Waals surface area contributed by atoms with Crippen LogP contribution >= 0.6 is 0 Å². The number of ether oxygens (including phenoxy) is 2. The molecule has 2 rings (SSSR count). The molecular formula is C22H29N3O6S. The molecule has 174 valence electrons. The van der Waals surface area contributed by atoms with Crippen LogP contribution in [0.4, 0.5) is 11.4 Å². The Hall–Kier alpha value is -3.27. The Balaban J connectivity index is 2.13. The number of rotatable bonds is 10. The lowest BCUT2D eigenvalue weighted by Crippen LogP contribution is -2.47. The van der Waals surface area contributed by atoms with E-state index in [1.807, 2.05) is 20.8 Å². The summed E-state index contributed by atoms with van der Waals surface area (Å²) in [4.78, 5) is 25.5. The van der Waals surface area contributed by atoms with E-state index in [-0.39, 0.29) is 23.3 Å². The summed E-state index contributed by atoms with van der Waals surface area (Å²) >= 11 is 0. The molecule has 0 fully saturated rings. The molecule has 0 radical (unpaired) electrons. The van der Waals surface area contributed by atoms with Crippen LogP contribution in [0.3, 0.4) is 0 Å². The maximum absolute atomic E-state index is 12.9. The van der Waals surface area contributed by atoms with E-state index in [9.17, 15) is 18.0 Å². The highest BCUT2D eigenvalue weighted by atomic mass is 32.2. The number of carbonyl (C=O) groups excluding carboxylic acids is 2. The van der Waals surface area contributed by atoms with E-state index in [2.05, 4.69) is 15.4 Å². The van der Waals surface area contributed by atoms with Crippen molar-refractivity contribution in [2.24, 2.45) is 5.92 Å². The lowest BCUT2D eigenvalue weighted by molar-refractivity contribution is -0.118. The summed E-state index contributed by atoms with van der Waals surface area (Å²) in [6.45, 7) is 6.04. The van der Waals surface area contributed by atoms with Gasteiger partial charge >= 0.3 is 0 Å². The zero-order valence-corrected chi connectivity index (χ0v) is 19.6. The first-order chi connectivity index (χ1) is 15.0. The molecule has 3 N–H and O–H groups in total. The van der Waals surface area contributed by atoms with Crippen LogP contribution in [0, 0.1) is 5.92 Å². The largest absolute Gasteiger partial charge is 0.494 e. The van der Waals surface area contributed by atoms with E-state index in [0.29, 0.717) is 23.6 Å². The molecule has 2 aromatic carbocycles. The number of anilines is 2. The third-order valence-corrected chi connectivity index (χ3v) is 5.02. The van der Waals surface area contributed by atoms with Gasteiger partial charge in [-0.1, -0.05) is 13.8 Å². The molecule has 0 heterocycles. The number of nitrogens with one attached hydrogen (secondary N) is 3. The fourth-order valence-electron chi connectivity index (χ4n) is 2.90. The van der Waals surface area contributed by atoms with Crippen LogP contribution in [0.25, 0.3) is 0 Å². The first-order valence-corrected chi connectivity index (χ1v) is 11.9. The maximum atomic E-state index is 12.9. The van der Waals surface area contributed by atoms with Crippen molar-refractivity contribution in [3.63, 3.8) is 0 Å². The Morgan fingerprint density at radius 2 is 1.72 bits per heavy atom. The first-order valence-electron chi connectivity index (χ1n) is 10.0. The third-order valence-electron chi connectivity index (χ3n) is 4.43. The molecule has 2 amide bonds. The lowest BCUT2D eigenvalue weighted by atomic mass is 10.0. The molecular weight excluding hydrogens is 434 g/mol. The smallest absolute Gasteiger partial charge is 0.251 e. The number of sulfonamides is 1. The van der Waals surface area contributed by atoms with Crippen LogP contribution in [-0.2, 0) is 14.8 Å². The third kappa shape index (κ3) is 7.16. The van der Waals surface area contributed by atoms with Crippen molar-refractivity contribution in [1.82, 2.24) is 5.32 Å². The van der Waals surface area contributed by atoms with E-state index < -0.39 is 22.0 Å². The van der Waals surface area contributed by atoms with Gasteiger partial charge in [0, 0.05) is 17.3 Å². The van der Waals surface area contributed by atoms with Crippen LogP contribution in [0.1, 0.15) is 31.1 Å². The summed E-state index contributed by atoms with van der Waals surface area (Å²) in [6.07, 6.45) is 1.03. The number of hydrogen-bond acceptors (Lipinski definition) is 6. The quantitative estimate of drug-likeness (QED) is 0.498.